The predicted molar refractivity (Wildman–Crippen MR) is 96.6 cm³/mol. The first-order valence-electron chi connectivity index (χ1n) is 8.46. The fraction of sp³-hybridized carbons (Fsp3) is 0.474. The van der Waals surface area contributed by atoms with E-state index in [2.05, 4.69) is 31.0 Å². The van der Waals surface area contributed by atoms with E-state index >= 15 is 0 Å². The molecule has 1 aromatic heterocycles. The molecule has 4 nitrogen and oxygen atoms in total. The average molecular weight is 344 g/mol. The van der Waals surface area contributed by atoms with Gasteiger partial charge in [-0.3, -0.25) is 4.79 Å². The van der Waals surface area contributed by atoms with Crippen LogP contribution in [0, 0.1) is 0 Å². The zero-order valence-electron chi connectivity index (χ0n) is 14.5. The van der Waals surface area contributed by atoms with Crippen molar-refractivity contribution in [3.63, 3.8) is 0 Å². The summed E-state index contributed by atoms with van der Waals surface area (Å²) in [5, 5.41) is 3.12. The van der Waals surface area contributed by atoms with Gasteiger partial charge >= 0.3 is 0 Å². The molecule has 0 radical (unpaired) electrons. The molecule has 0 saturated carbocycles. The molecule has 1 amide bonds. The van der Waals surface area contributed by atoms with Gasteiger partial charge in [-0.1, -0.05) is 26.0 Å². The van der Waals surface area contributed by atoms with E-state index in [4.69, 9.17) is 4.74 Å². The SMILES string of the molecule is COc1ccc([C@@H]2CCCN2C(=O)Cc2csc(C(C)C)n2)cc1. The maximum absolute atomic E-state index is 12.8. The van der Waals surface area contributed by atoms with Gasteiger partial charge in [0.05, 0.1) is 30.3 Å². The van der Waals surface area contributed by atoms with E-state index in [0.717, 1.165) is 35.8 Å². The van der Waals surface area contributed by atoms with Crippen molar-refractivity contribution in [3.8, 4) is 5.75 Å². The van der Waals surface area contributed by atoms with E-state index in [9.17, 15) is 4.79 Å². The van der Waals surface area contributed by atoms with Crippen LogP contribution < -0.4 is 4.74 Å². The highest BCUT2D eigenvalue weighted by Gasteiger charge is 2.30. The molecule has 5 heteroatoms. The lowest BCUT2D eigenvalue weighted by atomic mass is 10.0. The van der Waals surface area contributed by atoms with Gasteiger partial charge in [0, 0.05) is 17.8 Å². The number of benzene rings is 1. The Hall–Kier alpha value is -1.88. The van der Waals surface area contributed by atoms with Crippen LogP contribution in [0.2, 0.25) is 0 Å². The first kappa shape index (κ1) is 17.0. The van der Waals surface area contributed by atoms with Crippen LogP contribution in [-0.2, 0) is 11.2 Å². The highest BCUT2D eigenvalue weighted by atomic mass is 32.1. The largest absolute Gasteiger partial charge is 0.497 e. The number of carbonyl (C=O) groups excluding carboxylic acids is 1. The smallest absolute Gasteiger partial charge is 0.229 e. The second kappa shape index (κ2) is 7.34. The first-order valence-corrected chi connectivity index (χ1v) is 9.34. The van der Waals surface area contributed by atoms with E-state index < -0.39 is 0 Å². The summed E-state index contributed by atoms with van der Waals surface area (Å²) < 4.78 is 5.22. The van der Waals surface area contributed by atoms with Crippen LogP contribution in [0.15, 0.2) is 29.6 Å². The van der Waals surface area contributed by atoms with E-state index in [1.165, 1.54) is 5.56 Å². The standard InChI is InChI=1S/C19H24N2O2S/c1-13(2)19-20-15(12-24-19)11-18(22)21-10-4-5-17(21)14-6-8-16(23-3)9-7-14/h6-9,12-13,17H,4-5,10-11H2,1-3H3/t17-/m0/s1. The Kier molecular flexibility index (Phi) is 5.19. The van der Waals surface area contributed by atoms with Crippen molar-refractivity contribution in [2.24, 2.45) is 0 Å². The molecule has 3 rings (SSSR count). The molecule has 0 N–H and O–H groups in total. The summed E-state index contributed by atoms with van der Waals surface area (Å²) in [6.45, 7) is 5.09. The zero-order valence-corrected chi connectivity index (χ0v) is 15.3. The fourth-order valence-corrected chi connectivity index (χ4v) is 4.00. The number of aromatic nitrogens is 1. The van der Waals surface area contributed by atoms with Gasteiger partial charge in [-0.2, -0.15) is 0 Å². The van der Waals surface area contributed by atoms with Gasteiger partial charge in [-0.05, 0) is 30.5 Å². The van der Waals surface area contributed by atoms with Crippen molar-refractivity contribution >= 4 is 17.2 Å². The Morgan fingerprint density at radius 3 is 2.75 bits per heavy atom. The summed E-state index contributed by atoms with van der Waals surface area (Å²) >= 11 is 1.65. The highest BCUT2D eigenvalue weighted by Crippen LogP contribution is 2.33. The van der Waals surface area contributed by atoms with E-state index in [0.29, 0.717) is 12.3 Å². The molecule has 1 fully saturated rings. The molecule has 128 valence electrons. The summed E-state index contributed by atoms with van der Waals surface area (Å²) in [5.41, 5.74) is 2.08. The number of nitrogens with zero attached hydrogens (tertiary/aromatic N) is 2. The minimum atomic E-state index is 0.173. The van der Waals surface area contributed by atoms with Crippen molar-refractivity contribution in [3.05, 3.63) is 45.9 Å². The van der Waals surface area contributed by atoms with Crippen LogP contribution in [-0.4, -0.2) is 29.4 Å². The van der Waals surface area contributed by atoms with Gasteiger partial charge in [-0.15, -0.1) is 11.3 Å². The number of rotatable bonds is 5. The molecule has 1 atom stereocenters. The molecule has 24 heavy (non-hydrogen) atoms. The van der Waals surface area contributed by atoms with Gasteiger partial charge in [-0.25, -0.2) is 4.98 Å². The molecule has 0 aliphatic carbocycles. The van der Waals surface area contributed by atoms with Crippen LogP contribution in [0.1, 0.15) is 54.9 Å². The van der Waals surface area contributed by atoms with Crippen LogP contribution in [0.4, 0.5) is 0 Å². The highest BCUT2D eigenvalue weighted by molar-refractivity contribution is 7.09. The second-order valence-corrected chi connectivity index (χ2v) is 7.42. The summed E-state index contributed by atoms with van der Waals surface area (Å²) in [4.78, 5) is 19.4. The van der Waals surface area contributed by atoms with Crippen LogP contribution in [0.25, 0.3) is 0 Å². The normalized spacial score (nSPS) is 17.5. The van der Waals surface area contributed by atoms with Gasteiger partial charge in [0.1, 0.15) is 5.75 Å². The molecule has 2 aromatic rings. The quantitative estimate of drug-likeness (QED) is 0.817. The van der Waals surface area contributed by atoms with Crippen molar-refractivity contribution in [2.75, 3.05) is 13.7 Å². The monoisotopic (exact) mass is 344 g/mol. The molecule has 0 spiro atoms. The summed E-state index contributed by atoms with van der Waals surface area (Å²) in [6.07, 6.45) is 2.47. The number of amides is 1. The second-order valence-electron chi connectivity index (χ2n) is 6.53. The third-order valence-corrected chi connectivity index (χ3v) is 5.66. The van der Waals surface area contributed by atoms with Crippen molar-refractivity contribution in [1.82, 2.24) is 9.88 Å². The Bertz CT molecular complexity index is 694. The van der Waals surface area contributed by atoms with E-state index in [-0.39, 0.29) is 11.9 Å². The van der Waals surface area contributed by atoms with Gasteiger partial charge in [0.25, 0.3) is 0 Å². The Balaban J connectivity index is 1.70. The number of methoxy groups -OCH3 is 1. The van der Waals surface area contributed by atoms with Gasteiger partial charge < -0.3 is 9.64 Å². The zero-order chi connectivity index (χ0) is 17.1. The summed E-state index contributed by atoms with van der Waals surface area (Å²) in [5.74, 6) is 1.44. The molecule has 1 aromatic carbocycles. The van der Waals surface area contributed by atoms with Crippen molar-refractivity contribution in [2.45, 2.75) is 45.1 Å². The molecular formula is C19H24N2O2S. The molecule has 1 aliphatic heterocycles. The van der Waals surface area contributed by atoms with E-state index in [1.54, 1.807) is 18.4 Å². The molecule has 0 unspecified atom stereocenters. The molecule has 1 saturated heterocycles. The lowest BCUT2D eigenvalue weighted by Gasteiger charge is -2.25. The topological polar surface area (TPSA) is 42.4 Å². The minimum absolute atomic E-state index is 0.173. The minimum Gasteiger partial charge on any atom is -0.497 e. The predicted octanol–water partition coefficient (Wildman–Crippen LogP) is 4.18. The number of carbonyl (C=O) groups is 1. The fourth-order valence-electron chi connectivity index (χ4n) is 3.16. The number of likely N-dealkylation sites (tertiary alicyclic amines) is 1. The van der Waals surface area contributed by atoms with Crippen LogP contribution in [0.5, 0.6) is 5.75 Å². The number of ether oxygens (including phenoxy) is 1. The lowest BCUT2D eigenvalue weighted by molar-refractivity contribution is -0.131. The summed E-state index contributed by atoms with van der Waals surface area (Å²) in [6, 6.07) is 8.23. The molecular weight excluding hydrogens is 320 g/mol. The van der Waals surface area contributed by atoms with Crippen molar-refractivity contribution < 1.29 is 9.53 Å². The number of hydrogen-bond donors (Lipinski definition) is 0. The van der Waals surface area contributed by atoms with Gasteiger partial charge in [0.2, 0.25) is 5.91 Å². The third-order valence-electron chi connectivity index (χ3n) is 4.47. The van der Waals surface area contributed by atoms with E-state index in [1.807, 2.05) is 22.4 Å². The maximum Gasteiger partial charge on any atom is 0.229 e. The number of thiazole rings is 1. The van der Waals surface area contributed by atoms with Gasteiger partial charge in [0.15, 0.2) is 0 Å². The maximum atomic E-state index is 12.8. The summed E-state index contributed by atoms with van der Waals surface area (Å²) in [7, 11) is 1.67. The third kappa shape index (κ3) is 3.61. The number of hydrogen-bond acceptors (Lipinski definition) is 4. The average Bonchev–Trinajstić information content (AvgIpc) is 3.24. The Morgan fingerprint density at radius 2 is 2.12 bits per heavy atom. The van der Waals surface area contributed by atoms with Crippen LogP contribution in [0.3, 0.4) is 0 Å². The molecule has 2 heterocycles. The molecule has 1 aliphatic rings. The molecule has 0 bridgehead atoms. The van der Waals surface area contributed by atoms with Crippen molar-refractivity contribution in [1.29, 1.82) is 0 Å². The van der Waals surface area contributed by atoms with Crippen LogP contribution >= 0.6 is 11.3 Å². The Labute approximate surface area is 147 Å². The first-order chi connectivity index (χ1) is 11.6. The lowest BCUT2D eigenvalue weighted by Crippen LogP contribution is -2.31. The Morgan fingerprint density at radius 1 is 1.38 bits per heavy atom.